The zero-order chi connectivity index (χ0) is 9.97. The Kier molecular flexibility index (Phi) is 2.79. The lowest BCUT2D eigenvalue weighted by molar-refractivity contribution is 0.143. The monoisotopic (exact) mass is 198 g/mol. The summed E-state index contributed by atoms with van der Waals surface area (Å²) in [6.45, 7) is 1.17. The molecule has 2 nitrogen and oxygen atoms in total. The smallest absolute Gasteiger partial charge is 0.407 e. The number of benzene rings is 1. The van der Waals surface area contributed by atoms with Crippen LogP contribution in [0.15, 0.2) is 18.2 Å². The van der Waals surface area contributed by atoms with E-state index in [4.69, 9.17) is 9.31 Å². The van der Waals surface area contributed by atoms with E-state index in [1.54, 1.807) is 0 Å². The molecule has 0 spiro atoms. The zero-order valence-electron chi connectivity index (χ0n) is 7.50. The van der Waals surface area contributed by atoms with E-state index >= 15 is 0 Å². The van der Waals surface area contributed by atoms with Gasteiger partial charge >= 0.3 is 7.12 Å². The molecule has 2 rings (SSSR count). The lowest BCUT2D eigenvalue weighted by atomic mass is 9.78. The molecule has 14 heavy (non-hydrogen) atoms. The molecule has 0 aliphatic carbocycles. The first-order chi connectivity index (χ1) is 6.77. The summed E-state index contributed by atoms with van der Waals surface area (Å²) in [5, 5.41) is 0. The van der Waals surface area contributed by atoms with Crippen molar-refractivity contribution in [2.45, 2.75) is 6.42 Å². The fourth-order valence-corrected chi connectivity index (χ4v) is 1.34. The second kappa shape index (κ2) is 4.06. The SMILES string of the molecule is Fc1ccc(B2OCCCO2)cc1F. The van der Waals surface area contributed by atoms with Crippen LogP contribution in [0.2, 0.25) is 0 Å². The number of rotatable bonds is 1. The van der Waals surface area contributed by atoms with E-state index in [0.717, 1.165) is 18.6 Å². The third-order valence-electron chi connectivity index (χ3n) is 2.04. The first kappa shape index (κ1) is 9.61. The van der Waals surface area contributed by atoms with E-state index in [2.05, 4.69) is 0 Å². The Balaban J connectivity index is 2.18. The molecule has 1 saturated heterocycles. The Hall–Kier alpha value is -0.935. The van der Waals surface area contributed by atoms with Crippen molar-refractivity contribution in [1.82, 2.24) is 0 Å². The minimum absolute atomic E-state index is 0.517. The molecule has 1 aliphatic rings. The molecular weight excluding hydrogens is 189 g/mol. The van der Waals surface area contributed by atoms with Gasteiger partial charge in [0.05, 0.1) is 0 Å². The summed E-state index contributed by atoms with van der Waals surface area (Å²) in [7, 11) is -0.557. The summed E-state index contributed by atoms with van der Waals surface area (Å²) in [6, 6.07) is 3.64. The third-order valence-corrected chi connectivity index (χ3v) is 2.04. The Morgan fingerprint density at radius 3 is 2.43 bits per heavy atom. The van der Waals surface area contributed by atoms with Crippen molar-refractivity contribution in [3.8, 4) is 0 Å². The Morgan fingerprint density at radius 1 is 1.07 bits per heavy atom. The van der Waals surface area contributed by atoms with Gasteiger partial charge in [-0.25, -0.2) is 8.78 Å². The molecule has 1 fully saturated rings. The molecule has 74 valence electrons. The fraction of sp³-hybridized carbons (Fsp3) is 0.333. The van der Waals surface area contributed by atoms with Crippen molar-refractivity contribution >= 4 is 12.6 Å². The summed E-state index contributed by atoms with van der Waals surface area (Å²) >= 11 is 0. The van der Waals surface area contributed by atoms with Crippen molar-refractivity contribution in [2.75, 3.05) is 13.2 Å². The standard InChI is InChI=1S/C9H9BF2O2/c11-8-3-2-7(6-9(8)12)10-13-4-1-5-14-10/h2-3,6H,1,4-5H2. The van der Waals surface area contributed by atoms with Crippen molar-refractivity contribution in [3.05, 3.63) is 29.8 Å². The van der Waals surface area contributed by atoms with Crippen LogP contribution in [0.4, 0.5) is 8.78 Å². The van der Waals surface area contributed by atoms with Crippen LogP contribution in [-0.4, -0.2) is 20.3 Å². The van der Waals surface area contributed by atoms with Gasteiger partial charge in [0.25, 0.3) is 0 Å². The number of hydrogen-bond acceptors (Lipinski definition) is 2. The van der Waals surface area contributed by atoms with E-state index in [1.165, 1.54) is 6.07 Å². The van der Waals surface area contributed by atoms with E-state index in [0.29, 0.717) is 18.7 Å². The minimum Gasteiger partial charge on any atom is -0.407 e. The maximum atomic E-state index is 12.8. The Morgan fingerprint density at radius 2 is 1.79 bits per heavy atom. The molecular formula is C9H9BF2O2. The van der Waals surface area contributed by atoms with Crippen LogP contribution in [-0.2, 0) is 9.31 Å². The van der Waals surface area contributed by atoms with Crippen LogP contribution in [0.5, 0.6) is 0 Å². The topological polar surface area (TPSA) is 18.5 Å². The van der Waals surface area contributed by atoms with Gasteiger partial charge in [-0.2, -0.15) is 0 Å². The fourth-order valence-electron chi connectivity index (χ4n) is 1.34. The van der Waals surface area contributed by atoms with Crippen molar-refractivity contribution in [2.24, 2.45) is 0 Å². The van der Waals surface area contributed by atoms with Crippen LogP contribution >= 0.6 is 0 Å². The second-order valence-electron chi connectivity index (χ2n) is 3.10. The van der Waals surface area contributed by atoms with Crippen LogP contribution in [0.25, 0.3) is 0 Å². The molecule has 1 aliphatic heterocycles. The van der Waals surface area contributed by atoms with E-state index in [9.17, 15) is 8.78 Å². The van der Waals surface area contributed by atoms with Gasteiger partial charge in [0, 0.05) is 13.2 Å². The predicted octanol–water partition coefficient (Wildman–Crippen LogP) is 1.10. The van der Waals surface area contributed by atoms with E-state index < -0.39 is 18.8 Å². The maximum Gasteiger partial charge on any atom is 0.493 e. The lowest BCUT2D eigenvalue weighted by Gasteiger charge is -2.19. The van der Waals surface area contributed by atoms with Gasteiger partial charge in [-0.05, 0) is 24.0 Å². The van der Waals surface area contributed by atoms with Gasteiger partial charge in [0.2, 0.25) is 0 Å². The maximum absolute atomic E-state index is 12.8. The highest BCUT2D eigenvalue weighted by Crippen LogP contribution is 2.06. The van der Waals surface area contributed by atoms with Crippen LogP contribution in [0.1, 0.15) is 6.42 Å². The number of hydrogen-bond donors (Lipinski definition) is 0. The molecule has 0 atom stereocenters. The zero-order valence-corrected chi connectivity index (χ0v) is 7.50. The summed E-state index contributed by atoms with van der Waals surface area (Å²) in [5.74, 6) is -1.73. The van der Waals surface area contributed by atoms with E-state index in [1.807, 2.05) is 0 Å². The van der Waals surface area contributed by atoms with Crippen molar-refractivity contribution < 1.29 is 18.1 Å². The molecule has 0 radical (unpaired) electrons. The number of halogens is 2. The van der Waals surface area contributed by atoms with Crippen LogP contribution in [0.3, 0.4) is 0 Å². The largest absolute Gasteiger partial charge is 0.493 e. The molecule has 1 aromatic carbocycles. The quantitative estimate of drug-likeness (QED) is 0.629. The highest BCUT2D eigenvalue weighted by Gasteiger charge is 2.25. The van der Waals surface area contributed by atoms with Crippen molar-refractivity contribution in [1.29, 1.82) is 0 Å². The normalized spacial score (nSPS) is 17.1. The lowest BCUT2D eigenvalue weighted by Crippen LogP contribution is -2.41. The highest BCUT2D eigenvalue weighted by molar-refractivity contribution is 6.61. The Labute approximate surface area is 81.0 Å². The van der Waals surface area contributed by atoms with Gasteiger partial charge in [-0.1, -0.05) is 6.07 Å². The summed E-state index contributed by atoms with van der Waals surface area (Å²) < 4.78 is 36.0. The molecule has 5 heteroatoms. The second-order valence-corrected chi connectivity index (χ2v) is 3.10. The summed E-state index contributed by atoms with van der Waals surface area (Å²) in [6.07, 6.45) is 0.834. The van der Waals surface area contributed by atoms with E-state index in [-0.39, 0.29) is 0 Å². The van der Waals surface area contributed by atoms with Crippen LogP contribution in [0, 0.1) is 11.6 Å². The van der Waals surface area contributed by atoms with Gasteiger partial charge in [-0.15, -0.1) is 0 Å². The summed E-state index contributed by atoms with van der Waals surface area (Å²) in [4.78, 5) is 0. The minimum atomic E-state index is -0.875. The van der Waals surface area contributed by atoms with Gasteiger partial charge < -0.3 is 9.31 Å². The third kappa shape index (κ3) is 1.94. The molecule has 0 unspecified atom stereocenters. The molecule has 1 aromatic rings. The summed E-state index contributed by atoms with van der Waals surface area (Å²) in [5.41, 5.74) is 0.517. The predicted molar refractivity (Wildman–Crippen MR) is 48.3 cm³/mol. The van der Waals surface area contributed by atoms with Crippen LogP contribution < -0.4 is 5.46 Å². The van der Waals surface area contributed by atoms with Gasteiger partial charge in [-0.3, -0.25) is 0 Å². The molecule has 0 amide bonds. The Bertz CT molecular complexity index is 327. The van der Waals surface area contributed by atoms with Gasteiger partial charge in [0.1, 0.15) is 0 Å². The average molecular weight is 198 g/mol. The molecule has 1 heterocycles. The molecule has 0 bridgehead atoms. The molecule has 0 N–H and O–H groups in total. The van der Waals surface area contributed by atoms with Gasteiger partial charge in [0.15, 0.2) is 11.6 Å². The van der Waals surface area contributed by atoms with Crippen molar-refractivity contribution in [3.63, 3.8) is 0 Å². The molecule has 0 saturated carbocycles. The molecule has 0 aromatic heterocycles. The average Bonchev–Trinajstić information content (AvgIpc) is 2.23. The first-order valence-corrected chi connectivity index (χ1v) is 4.45. The first-order valence-electron chi connectivity index (χ1n) is 4.45. The highest BCUT2D eigenvalue weighted by atomic mass is 19.2.